The molecule has 1 aromatic rings. The van der Waals surface area contributed by atoms with Crippen molar-refractivity contribution in [3.05, 3.63) is 28.8 Å². The number of carbonyl (C=O) groups excluding carboxylic acids is 1. The topological polar surface area (TPSA) is 83.5 Å². The van der Waals surface area contributed by atoms with Crippen molar-refractivity contribution in [2.45, 2.75) is 36.6 Å². The number of amides is 1. The maximum absolute atomic E-state index is 12.4. The van der Waals surface area contributed by atoms with Crippen molar-refractivity contribution in [1.29, 1.82) is 0 Å². The second kappa shape index (κ2) is 6.98. The molecular weight excluding hydrogens is 326 g/mol. The van der Waals surface area contributed by atoms with Crippen molar-refractivity contribution in [3.8, 4) is 0 Å². The third-order valence-corrected chi connectivity index (χ3v) is 5.53. The number of rotatable bonds is 5. The highest BCUT2D eigenvalue weighted by atomic mass is 35.5. The summed E-state index contributed by atoms with van der Waals surface area (Å²) in [6.07, 6.45) is 4.59. The van der Waals surface area contributed by atoms with Gasteiger partial charge in [0.25, 0.3) is 5.91 Å². The van der Waals surface area contributed by atoms with E-state index in [1.807, 2.05) is 0 Å². The van der Waals surface area contributed by atoms with Crippen molar-refractivity contribution in [2.75, 3.05) is 12.9 Å². The van der Waals surface area contributed by atoms with Crippen LogP contribution in [0.15, 0.2) is 23.1 Å². The fourth-order valence-corrected chi connectivity index (χ4v) is 3.74. The molecule has 0 bridgehead atoms. The lowest BCUT2D eigenvalue weighted by atomic mass is 9.99. The van der Waals surface area contributed by atoms with Crippen LogP contribution in [0.3, 0.4) is 0 Å². The van der Waals surface area contributed by atoms with Crippen molar-refractivity contribution in [1.82, 2.24) is 5.32 Å². The van der Waals surface area contributed by atoms with Gasteiger partial charge in [0, 0.05) is 18.9 Å². The molecular formula is C15H20ClNO4S. The van der Waals surface area contributed by atoms with Gasteiger partial charge >= 0.3 is 0 Å². The molecule has 0 saturated heterocycles. The van der Waals surface area contributed by atoms with E-state index in [4.69, 9.17) is 16.7 Å². The van der Waals surface area contributed by atoms with Gasteiger partial charge in [0.15, 0.2) is 9.84 Å². The summed E-state index contributed by atoms with van der Waals surface area (Å²) in [5.41, 5.74) is 0.166. The first kappa shape index (κ1) is 17.2. The number of aliphatic hydroxyl groups excluding tert-OH is 1. The van der Waals surface area contributed by atoms with Crippen molar-refractivity contribution < 1.29 is 18.3 Å². The molecule has 1 aliphatic rings. The van der Waals surface area contributed by atoms with E-state index >= 15 is 0 Å². The summed E-state index contributed by atoms with van der Waals surface area (Å²) in [4.78, 5) is 12.5. The fraction of sp³-hybridized carbons (Fsp3) is 0.533. The summed E-state index contributed by atoms with van der Waals surface area (Å²) < 4.78 is 23.2. The second-order valence-electron chi connectivity index (χ2n) is 5.70. The molecule has 0 aromatic heterocycles. The zero-order chi connectivity index (χ0) is 16.3. The first-order valence-corrected chi connectivity index (χ1v) is 9.51. The Morgan fingerprint density at radius 2 is 2.14 bits per heavy atom. The van der Waals surface area contributed by atoms with Crippen molar-refractivity contribution in [3.63, 3.8) is 0 Å². The minimum atomic E-state index is -3.39. The molecule has 0 radical (unpaired) electrons. The van der Waals surface area contributed by atoms with Gasteiger partial charge in [-0.15, -0.1) is 0 Å². The van der Waals surface area contributed by atoms with Crippen LogP contribution in [0, 0.1) is 5.92 Å². The lowest BCUT2D eigenvalue weighted by Gasteiger charge is -2.20. The molecule has 5 nitrogen and oxygen atoms in total. The minimum Gasteiger partial charge on any atom is -0.396 e. The van der Waals surface area contributed by atoms with Gasteiger partial charge in [-0.05, 0) is 43.4 Å². The van der Waals surface area contributed by atoms with Gasteiger partial charge in [0.1, 0.15) is 0 Å². The molecule has 22 heavy (non-hydrogen) atoms. The molecule has 122 valence electrons. The average Bonchev–Trinajstić information content (AvgIpc) is 2.85. The summed E-state index contributed by atoms with van der Waals surface area (Å²) >= 11 is 6.03. The van der Waals surface area contributed by atoms with Crippen LogP contribution in [-0.2, 0) is 9.84 Å². The van der Waals surface area contributed by atoms with Crippen LogP contribution >= 0.6 is 11.6 Å². The van der Waals surface area contributed by atoms with E-state index in [2.05, 4.69) is 5.32 Å². The highest BCUT2D eigenvalue weighted by Gasteiger charge is 2.29. The lowest BCUT2D eigenvalue weighted by molar-refractivity contribution is 0.0923. The van der Waals surface area contributed by atoms with Gasteiger partial charge < -0.3 is 10.4 Å². The predicted molar refractivity (Wildman–Crippen MR) is 84.9 cm³/mol. The number of benzene rings is 1. The van der Waals surface area contributed by atoms with Gasteiger partial charge in [-0.1, -0.05) is 18.0 Å². The van der Waals surface area contributed by atoms with Gasteiger partial charge in [-0.25, -0.2) is 8.42 Å². The predicted octanol–water partition coefficient (Wildman–Crippen LogP) is 2.02. The Morgan fingerprint density at radius 1 is 1.41 bits per heavy atom. The molecule has 1 saturated carbocycles. The van der Waals surface area contributed by atoms with Crippen molar-refractivity contribution >= 4 is 27.3 Å². The first-order chi connectivity index (χ1) is 10.3. The highest BCUT2D eigenvalue weighted by Crippen LogP contribution is 2.29. The molecule has 7 heteroatoms. The van der Waals surface area contributed by atoms with Crippen molar-refractivity contribution in [2.24, 2.45) is 5.92 Å². The molecule has 0 aliphatic heterocycles. The summed E-state index contributed by atoms with van der Waals surface area (Å²) in [5.74, 6) is -0.115. The van der Waals surface area contributed by atoms with E-state index in [1.54, 1.807) is 0 Å². The zero-order valence-corrected chi connectivity index (χ0v) is 14.0. The van der Waals surface area contributed by atoms with Crippen LogP contribution < -0.4 is 5.32 Å². The monoisotopic (exact) mass is 345 g/mol. The highest BCUT2D eigenvalue weighted by molar-refractivity contribution is 7.90. The summed E-state index contributed by atoms with van der Waals surface area (Å²) in [7, 11) is -3.39. The summed E-state index contributed by atoms with van der Waals surface area (Å²) in [6.45, 7) is 0.0986. The number of nitrogens with one attached hydrogen (secondary N) is 1. The quantitative estimate of drug-likeness (QED) is 0.855. The Kier molecular flexibility index (Phi) is 5.47. The SMILES string of the molecule is CS(=O)(=O)c1ccc(Cl)c(C(=O)N[C@H]2CCC[C@@H]2CCO)c1. The van der Waals surface area contributed by atoms with Crippen LogP contribution in [0.4, 0.5) is 0 Å². The van der Waals surface area contributed by atoms with E-state index in [0.717, 1.165) is 25.5 Å². The number of hydrogen-bond donors (Lipinski definition) is 2. The van der Waals surface area contributed by atoms with Crippen LogP contribution in [0.25, 0.3) is 0 Å². The van der Waals surface area contributed by atoms with Crippen LogP contribution in [0.1, 0.15) is 36.0 Å². The molecule has 0 heterocycles. The van der Waals surface area contributed by atoms with E-state index in [-0.39, 0.29) is 40.0 Å². The van der Waals surface area contributed by atoms with Crippen LogP contribution in [0.5, 0.6) is 0 Å². The van der Waals surface area contributed by atoms with E-state index in [9.17, 15) is 13.2 Å². The summed E-state index contributed by atoms with van der Waals surface area (Å²) in [5, 5.41) is 12.2. The zero-order valence-electron chi connectivity index (χ0n) is 12.4. The number of aliphatic hydroxyl groups is 1. The van der Waals surface area contributed by atoms with E-state index < -0.39 is 9.84 Å². The second-order valence-corrected chi connectivity index (χ2v) is 8.12. The minimum absolute atomic E-state index is 0.00222. The van der Waals surface area contributed by atoms with Gasteiger partial charge in [-0.3, -0.25) is 4.79 Å². The molecule has 2 atom stereocenters. The molecule has 1 aromatic carbocycles. The Hall–Kier alpha value is -1.11. The Bertz CT molecular complexity index is 660. The molecule has 2 N–H and O–H groups in total. The van der Waals surface area contributed by atoms with E-state index in [1.165, 1.54) is 18.2 Å². The lowest BCUT2D eigenvalue weighted by Crippen LogP contribution is -2.37. The molecule has 0 unspecified atom stereocenters. The Labute approximate surface area is 135 Å². The van der Waals surface area contributed by atoms with Crippen LogP contribution in [-0.4, -0.2) is 38.3 Å². The molecule has 1 amide bonds. The average molecular weight is 346 g/mol. The van der Waals surface area contributed by atoms with E-state index in [0.29, 0.717) is 6.42 Å². The standard InChI is InChI=1S/C15H20ClNO4S/c1-22(20,21)11-5-6-13(16)12(9-11)15(19)17-14-4-2-3-10(14)7-8-18/h5-6,9-10,14,18H,2-4,7-8H2,1H3,(H,17,19)/t10-,14+/m1/s1. The molecule has 2 rings (SSSR count). The first-order valence-electron chi connectivity index (χ1n) is 7.24. The maximum Gasteiger partial charge on any atom is 0.253 e. The van der Waals surface area contributed by atoms with Gasteiger partial charge in [0.2, 0.25) is 0 Å². The third kappa shape index (κ3) is 4.00. The number of halogens is 1. The Balaban J connectivity index is 2.19. The van der Waals surface area contributed by atoms with Gasteiger partial charge in [0.05, 0.1) is 15.5 Å². The summed E-state index contributed by atoms with van der Waals surface area (Å²) in [6, 6.07) is 4.12. The number of carbonyl (C=O) groups is 1. The Morgan fingerprint density at radius 3 is 2.77 bits per heavy atom. The number of hydrogen-bond acceptors (Lipinski definition) is 4. The largest absolute Gasteiger partial charge is 0.396 e. The number of sulfone groups is 1. The molecule has 1 aliphatic carbocycles. The maximum atomic E-state index is 12.4. The van der Waals surface area contributed by atoms with Crippen LogP contribution in [0.2, 0.25) is 5.02 Å². The normalized spacial score (nSPS) is 21.8. The molecule has 0 spiro atoms. The molecule has 1 fully saturated rings. The fourth-order valence-electron chi connectivity index (χ4n) is 2.89. The third-order valence-electron chi connectivity index (χ3n) is 4.09. The smallest absolute Gasteiger partial charge is 0.253 e. The van der Waals surface area contributed by atoms with Gasteiger partial charge in [-0.2, -0.15) is 0 Å².